The first-order valence-electron chi connectivity index (χ1n) is 6.08. The van der Waals surface area contributed by atoms with Crippen molar-refractivity contribution in [1.29, 1.82) is 0 Å². The fraction of sp³-hybridized carbons (Fsp3) is 0.538. The molecule has 0 amide bonds. The largest absolute Gasteiger partial charge is 0.401 e. The summed E-state index contributed by atoms with van der Waals surface area (Å²) in [5.74, 6) is 0. The molecule has 2 nitrogen and oxygen atoms in total. The molecule has 0 aliphatic carbocycles. The van der Waals surface area contributed by atoms with Crippen molar-refractivity contribution in [2.45, 2.75) is 26.1 Å². The normalized spacial score (nSPS) is 12.2. The Hall–Kier alpha value is -0.940. The van der Waals surface area contributed by atoms with Crippen molar-refractivity contribution >= 4 is 17.3 Å². The van der Waals surface area contributed by atoms with Crippen molar-refractivity contribution in [1.82, 2.24) is 4.90 Å². The summed E-state index contributed by atoms with van der Waals surface area (Å²) in [6, 6.07) is 6.96. The van der Waals surface area contributed by atoms with Crippen LogP contribution in [0.15, 0.2) is 24.3 Å². The minimum atomic E-state index is -4.17. The zero-order chi connectivity index (χ0) is 14.5. The van der Waals surface area contributed by atoms with Gasteiger partial charge in [0, 0.05) is 29.8 Å². The predicted octanol–water partition coefficient (Wildman–Crippen LogP) is 4.02. The molecule has 0 unspecified atom stereocenters. The summed E-state index contributed by atoms with van der Waals surface area (Å²) < 4.78 is 37.2. The van der Waals surface area contributed by atoms with Crippen LogP contribution in [-0.4, -0.2) is 36.8 Å². The highest BCUT2D eigenvalue weighted by Gasteiger charge is 2.31. The molecule has 0 spiro atoms. The lowest BCUT2D eigenvalue weighted by atomic mass is 10.3. The van der Waals surface area contributed by atoms with E-state index in [1.165, 1.54) is 4.90 Å². The zero-order valence-corrected chi connectivity index (χ0v) is 11.7. The number of halogens is 4. The van der Waals surface area contributed by atoms with Gasteiger partial charge in [-0.2, -0.15) is 13.2 Å². The molecule has 0 aromatic heterocycles. The molecular formula is C13H18ClF3N2. The summed E-state index contributed by atoms with van der Waals surface area (Å²) >= 11 is 5.82. The molecule has 0 heterocycles. The van der Waals surface area contributed by atoms with Crippen LogP contribution in [0.4, 0.5) is 18.9 Å². The molecule has 0 atom stereocenters. The molecule has 0 saturated carbocycles. The van der Waals surface area contributed by atoms with Gasteiger partial charge in [-0.05, 0) is 32.0 Å². The van der Waals surface area contributed by atoms with Gasteiger partial charge in [0.25, 0.3) is 0 Å². The van der Waals surface area contributed by atoms with E-state index in [1.54, 1.807) is 32.0 Å². The van der Waals surface area contributed by atoms with Gasteiger partial charge in [-0.1, -0.05) is 17.7 Å². The van der Waals surface area contributed by atoms with Crippen molar-refractivity contribution in [3.63, 3.8) is 0 Å². The highest BCUT2D eigenvalue weighted by Crippen LogP contribution is 2.18. The molecule has 0 bridgehead atoms. The van der Waals surface area contributed by atoms with E-state index in [1.807, 2.05) is 6.07 Å². The summed E-state index contributed by atoms with van der Waals surface area (Å²) in [6.45, 7) is 3.39. The number of alkyl halides is 3. The fourth-order valence-corrected chi connectivity index (χ4v) is 1.88. The number of rotatable bonds is 6. The van der Waals surface area contributed by atoms with Crippen molar-refractivity contribution in [2.24, 2.45) is 0 Å². The average Bonchev–Trinajstić information content (AvgIpc) is 2.26. The Morgan fingerprint density at radius 3 is 2.53 bits per heavy atom. The number of nitrogens with zero attached hydrogens (tertiary/aromatic N) is 1. The number of hydrogen-bond donors (Lipinski definition) is 1. The maximum Gasteiger partial charge on any atom is 0.401 e. The van der Waals surface area contributed by atoms with E-state index >= 15 is 0 Å². The second kappa shape index (κ2) is 7.01. The van der Waals surface area contributed by atoms with Gasteiger partial charge in [-0.15, -0.1) is 0 Å². The summed E-state index contributed by atoms with van der Waals surface area (Å²) in [7, 11) is 0. The van der Waals surface area contributed by atoms with Crippen LogP contribution in [-0.2, 0) is 0 Å². The van der Waals surface area contributed by atoms with Crippen LogP contribution in [0.2, 0.25) is 5.02 Å². The molecular weight excluding hydrogens is 277 g/mol. The molecule has 0 saturated heterocycles. The summed E-state index contributed by atoms with van der Waals surface area (Å²) in [5, 5.41) is 3.66. The lowest BCUT2D eigenvalue weighted by molar-refractivity contribution is -0.149. The molecule has 1 rings (SSSR count). The highest BCUT2D eigenvalue weighted by atomic mass is 35.5. The van der Waals surface area contributed by atoms with Crippen LogP contribution in [0.1, 0.15) is 13.8 Å². The van der Waals surface area contributed by atoms with Crippen LogP contribution >= 0.6 is 11.6 Å². The van der Waals surface area contributed by atoms with Crippen LogP contribution in [0.25, 0.3) is 0 Å². The van der Waals surface area contributed by atoms with E-state index in [-0.39, 0.29) is 6.04 Å². The second-order valence-electron chi connectivity index (χ2n) is 4.62. The smallest absolute Gasteiger partial charge is 0.384 e. The van der Waals surface area contributed by atoms with Gasteiger partial charge in [-0.3, -0.25) is 4.90 Å². The van der Waals surface area contributed by atoms with Crippen molar-refractivity contribution in [3.8, 4) is 0 Å². The molecule has 6 heteroatoms. The van der Waals surface area contributed by atoms with E-state index in [2.05, 4.69) is 5.32 Å². The molecule has 0 radical (unpaired) electrons. The van der Waals surface area contributed by atoms with Gasteiger partial charge in [0.05, 0.1) is 6.54 Å². The Balaban J connectivity index is 2.44. The summed E-state index contributed by atoms with van der Waals surface area (Å²) in [5.41, 5.74) is 0.809. The summed E-state index contributed by atoms with van der Waals surface area (Å²) in [6.07, 6.45) is -4.17. The summed E-state index contributed by atoms with van der Waals surface area (Å²) in [4.78, 5) is 1.39. The van der Waals surface area contributed by atoms with Gasteiger partial charge < -0.3 is 5.32 Å². The molecule has 0 aliphatic heterocycles. The van der Waals surface area contributed by atoms with Gasteiger partial charge in [0.2, 0.25) is 0 Å². The molecule has 0 aliphatic rings. The van der Waals surface area contributed by atoms with Crippen LogP contribution in [0, 0.1) is 0 Å². The Bertz CT molecular complexity index is 394. The lowest BCUT2D eigenvalue weighted by Gasteiger charge is -2.27. The zero-order valence-electron chi connectivity index (χ0n) is 11.0. The number of anilines is 1. The molecule has 19 heavy (non-hydrogen) atoms. The first-order chi connectivity index (χ1) is 8.78. The van der Waals surface area contributed by atoms with Gasteiger partial charge in [-0.25, -0.2) is 0 Å². The van der Waals surface area contributed by atoms with E-state index in [4.69, 9.17) is 11.6 Å². The van der Waals surface area contributed by atoms with Crippen LogP contribution in [0.5, 0.6) is 0 Å². The molecule has 1 aromatic carbocycles. The minimum Gasteiger partial charge on any atom is -0.384 e. The Labute approximate surface area is 116 Å². The Morgan fingerprint density at radius 2 is 2.00 bits per heavy atom. The molecule has 1 N–H and O–H groups in total. The highest BCUT2D eigenvalue weighted by molar-refractivity contribution is 6.30. The third-order valence-corrected chi connectivity index (χ3v) is 2.90. The van der Waals surface area contributed by atoms with E-state index in [0.29, 0.717) is 18.1 Å². The fourth-order valence-electron chi connectivity index (χ4n) is 1.69. The minimum absolute atomic E-state index is 0.150. The Morgan fingerprint density at radius 1 is 1.32 bits per heavy atom. The maximum absolute atomic E-state index is 12.4. The van der Waals surface area contributed by atoms with E-state index < -0.39 is 12.7 Å². The number of benzene rings is 1. The molecule has 1 aromatic rings. The second-order valence-corrected chi connectivity index (χ2v) is 5.05. The maximum atomic E-state index is 12.4. The van der Waals surface area contributed by atoms with Crippen LogP contribution in [0.3, 0.4) is 0 Å². The number of nitrogens with one attached hydrogen (secondary N) is 1. The standard InChI is InChI=1S/C13H18ClF3N2/c1-10(2)19(9-13(15,16)17)7-6-18-12-5-3-4-11(14)8-12/h3-5,8,10,18H,6-7,9H2,1-2H3. The molecule has 0 fully saturated rings. The molecule has 108 valence electrons. The van der Waals surface area contributed by atoms with Crippen LogP contribution < -0.4 is 5.32 Å². The van der Waals surface area contributed by atoms with Gasteiger partial charge >= 0.3 is 6.18 Å². The first-order valence-corrected chi connectivity index (χ1v) is 6.46. The van der Waals surface area contributed by atoms with E-state index in [0.717, 1.165) is 5.69 Å². The Kier molecular flexibility index (Phi) is 5.94. The third kappa shape index (κ3) is 6.68. The van der Waals surface area contributed by atoms with Gasteiger partial charge in [0.1, 0.15) is 0 Å². The predicted molar refractivity (Wildman–Crippen MR) is 72.7 cm³/mol. The van der Waals surface area contributed by atoms with Crippen molar-refractivity contribution in [3.05, 3.63) is 29.3 Å². The van der Waals surface area contributed by atoms with Crippen molar-refractivity contribution < 1.29 is 13.2 Å². The monoisotopic (exact) mass is 294 g/mol. The number of hydrogen-bond acceptors (Lipinski definition) is 2. The van der Waals surface area contributed by atoms with E-state index in [9.17, 15) is 13.2 Å². The average molecular weight is 295 g/mol. The van der Waals surface area contributed by atoms with Crippen molar-refractivity contribution in [2.75, 3.05) is 25.0 Å². The quantitative estimate of drug-likeness (QED) is 0.852. The third-order valence-electron chi connectivity index (χ3n) is 2.67. The topological polar surface area (TPSA) is 15.3 Å². The SMILES string of the molecule is CC(C)N(CCNc1cccc(Cl)c1)CC(F)(F)F. The van der Waals surface area contributed by atoms with Gasteiger partial charge in [0.15, 0.2) is 0 Å². The lowest BCUT2D eigenvalue weighted by Crippen LogP contribution is -2.41. The first kappa shape index (κ1) is 16.1.